The SMILES string of the molecule is Cc1ccc(S(=O)(=O)n2ccc(C(=O)NCCC3CCCNC3)c2)cc1. The molecule has 1 atom stereocenters. The van der Waals surface area contributed by atoms with Crippen molar-refractivity contribution in [2.75, 3.05) is 19.6 Å². The van der Waals surface area contributed by atoms with Crippen LogP contribution in [0.2, 0.25) is 0 Å². The molecule has 1 aromatic carbocycles. The van der Waals surface area contributed by atoms with Gasteiger partial charge in [0, 0.05) is 18.9 Å². The third-order valence-electron chi connectivity index (χ3n) is 4.76. The molecule has 0 bridgehead atoms. The summed E-state index contributed by atoms with van der Waals surface area (Å²) in [5, 5.41) is 6.24. The van der Waals surface area contributed by atoms with Crippen molar-refractivity contribution in [3.05, 3.63) is 53.9 Å². The molecule has 1 aliphatic heterocycles. The molecular weight excluding hydrogens is 350 g/mol. The summed E-state index contributed by atoms with van der Waals surface area (Å²) in [5.74, 6) is 0.349. The van der Waals surface area contributed by atoms with E-state index in [9.17, 15) is 13.2 Å². The van der Waals surface area contributed by atoms with Gasteiger partial charge in [-0.25, -0.2) is 12.4 Å². The lowest BCUT2D eigenvalue weighted by molar-refractivity contribution is 0.0951. The number of amides is 1. The zero-order valence-corrected chi connectivity index (χ0v) is 15.8. The third-order valence-corrected chi connectivity index (χ3v) is 6.41. The number of aryl methyl sites for hydroxylation is 1. The molecule has 2 heterocycles. The third kappa shape index (κ3) is 4.34. The minimum Gasteiger partial charge on any atom is -0.352 e. The Bertz CT molecular complexity index is 850. The van der Waals surface area contributed by atoms with Gasteiger partial charge in [0.05, 0.1) is 10.5 Å². The van der Waals surface area contributed by atoms with Gasteiger partial charge in [0.2, 0.25) is 0 Å². The van der Waals surface area contributed by atoms with Gasteiger partial charge in [0.25, 0.3) is 15.9 Å². The molecule has 2 aromatic rings. The summed E-state index contributed by atoms with van der Waals surface area (Å²) >= 11 is 0. The monoisotopic (exact) mass is 375 g/mol. The fourth-order valence-corrected chi connectivity index (χ4v) is 4.35. The highest BCUT2D eigenvalue weighted by Gasteiger charge is 2.19. The Labute approximate surface area is 154 Å². The maximum Gasteiger partial charge on any atom is 0.267 e. The van der Waals surface area contributed by atoms with Crippen molar-refractivity contribution in [1.29, 1.82) is 0 Å². The second-order valence-electron chi connectivity index (χ2n) is 6.81. The van der Waals surface area contributed by atoms with Crippen molar-refractivity contribution in [1.82, 2.24) is 14.6 Å². The van der Waals surface area contributed by atoms with Crippen LogP contribution in [-0.4, -0.2) is 37.9 Å². The second-order valence-corrected chi connectivity index (χ2v) is 8.65. The number of carbonyl (C=O) groups excluding carboxylic acids is 1. The molecule has 0 aliphatic carbocycles. The van der Waals surface area contributed by atoms with E-state index in [2.05, 4.69) is 10.6 Å². The van der Waals surface area contributed by atoms with Gasteiger partial charge in [-0.1, -0.05) is 17.7 Å². The number of rotatable bonds is 6. The molecule has 26 heavy (non-hydrogen) atoms. The van der Waals surface area contributed by atoms with Crippen molar-refractivity contribution >= 4 is 15.9 Å². The lowest BCUT2D eigenvalue weighted by Crippen LogP contribution is -2.33. The largest absolute Gasteiger partial charge is 0.352 e. The molecule has 7 heteroatoms. The minimum absolute atomic E-state index is 0.204. The molecular formula is C19H25N3O3S. The summed E-state index contributed by atoms with van der Waals surface area (Å²) in [6.07, 6.45) is 6.08. The maximum absolute atomic E-state index is 12.6. The lowest BCUT2D eigenvalue weighted by atomic mass is 9.96. The molecule has 0 radical (unpaired) electrons. The maximum atomic E-state index is 12.6. The van der Waals surface area contributed by atoms with Gasteiger partial charge < -0.3 is 10.6 Å². The summed E-state index contributed by atoms with van der Waals surface area (Å²) in [4.78, 5) is 12.5. The molecule has 0 saturated carbocycles. The van der Waals surface area contributed by atoms with Crippen LogP contribution in [0.1, 0.15) is 35.2 Å². The Morgan fingerprint density at radius 3 is 2.73 bits per heavy atom. The van der Waals surface area contributed by atoms with Gasteiger partial charge in [-0.15, -0.1) is 0 Å². The van der Waals surface area contributed by atoms with Gasteiger partial charge in [-0.05, 0) is 63.4 Å². The zero-order chi connectivity index (χ0) is 18.6. The number of carbonyl (C=O) groups is 1. The molecule has 3 rings (SSSR count). The van der Waals surface area contributed by atoms with Crippen molar-refractivity contribution in [3.8, 4) is 0 Å². The van der Waals surface area contributed by atoms with Gasteiger partial charge in [0.15, 0.2) is 0 Å². The Morgan fingerprint density at radius 1 is 1.27 bits per heavy atom. The molecule has 1 amide bonds. The Hall–Kier alpha value is -2.12. The quantitative estimate of drug-likeness (QED) is 0.811. The number of hydrogen-bond acceptors (Lipinski definition) is 4. The van der Waals surface area contributed by atoms with Crippen LogP contribution in [0, 0.1) is 12.8 Å². The first-order valence-corrected chi connectivity index (χ1v) is 10.4. The number of aromatic nitrogens is 1. The lowest BCUT2D eigenvalue weighted by Gasteiger charge is -2.22. The fourth-order valence-electron chi connectivity index (χ4n) is 3.15. The van der Waals surface area contributed by atoms with Crippen molar-refractivity contribution in [2.45, 2.75) is 31.1 Å². The summed E-state index contributed by atoms with van der Waals surface area (Å²) in [5.41, 5.74) is 1.34. The van der Waals surface area contributed by atoms with Crippen molar-refractivity contribution in [3.63, 3.8) is 0 Å². The van der Waals surface area contributed by atoms with Crippen LogP contribution in [0.4, 0.5) is 0 Å². The molecule has 1 saturated heterocycles. The summed E-state index contributed by atoms with van der Waals surface area (Å²) in [6.45, 7) is 4.58. The predicted molar refractivity (Wildman–Crippen MR) is 101 cm³/mol. The van der Waals surface area contributed by atoms with Gasteiger partial charge in [0.1, 0.15) is 0 Å². The average molecular weight is 375 g/mol. The molecule has 0 spiro atoms. The van der Waals surface area contributed by atoms with E-state index >= 15 is 0 Å². The molecule has 6 nitrogen and oxygen atoms in total. The van der Waals surface area contributed by atoms with Gasteiger partial charge >= 0.3 is 0 Å². The van der Waals surface area contributed by atoms with Gasteiger partial charge in [-0.2, -0.15) is 0 Å². The molecule has 1 fully saturated rings. The molecule has 1 aliphatic rings. The normalized spacial score (nSPS) is 17.8. The Morgan fingerprint density at radius 2 is 2.04 bits per heavy atom. The number of nitrogens with zero attached hydrogens (tertiary/aromatic N) is 1. The smallest absolute Gasteiger partial charge is 0.267 e. The van der Waals surface area contributed by atoms with Crippen LogP contribution in [0.3, 0.4) is 0 Å². The van der Waals surface area contributed by atoms with E-state index in [0.29, 0.717) is 18.0 Å². The van der Waals surface area contributed by atoms with Crippen molar-refractivity contribution < 1.29 is 13.2 Å². The Balaban J connectivity index is 1.61. The van der Waals surface area contributed by atoms with Crippen LogP contribution >= 0.6 is 0 Å². The first kappa shape index (κ1) is 18.7. The first-order valence-electron chi connectivity index (χ1n) is 8.96. The predicted octanol–water partition coefficient (Wildman–Crippen LogP) is 2.15. The van der Waals surface area contributed by atoms with E-state index in [1.807, 2.05) is 6.92 Å². The summed E-state index contributed by atoms with van der Waals surface area (Å²) in [7, 11) is -3.68. The summed E-state index contributed by atoms with van der Waals surface area (Å²) < 4.78 is 26.3. The molecule has 1 unspecified atom stereocenters. The van der Waals surface area contributed by atoms with Crippen LogP contribution in [0.5, 0.6) is 0 Å². The fraction of sp³-hybridized carbons (Fsp3) is 0.421. The molecule has 140 valence electrons. The van der Waals surface area contributed by atoms with E-state index in [-0.39, 0.29) is 10.8 Å². The highest BCUT2D eigenvalue weighted by Crippen LogP contribution is 2.16. The van der Waals surface area contributed by atoms with E-state index < -0.39 is 10.0 Å². The zero-order valence-electron chi connectivity index (χ0n) is 14.9. The average Bonchev–Trinajstić information content (AvgIpc) is 3.14. The van der Waals surface area contributed by atoms with E-state index in [0.717, 1.165) is 29.0 Å². The van der Waals surface area contributed by atoms with Crippen molar-refractivity contribution in [2.24, 2.45) is 5.92 Å². The number of hydrogen-bond donors (Lipinski definition) is 2. The highest BCUT2D eigenvalue weighted by atomic mass is 32.2. The number of nitrogens with one attached hydrogen (secondary N) is 2. The van der Waals surface area contributed by atoms with Crippen LogP contribution in [0.25, 0.3) is 0 Å². The van der Waals surface area contributed by atoms with Crippen LogP contribution in [-0.2, 0) is 10.0 Å². The minimum atomic E-state index is -3.68. The topological polar surface area (TPSA) is 80.2 Å². The molecule has 2 N–H and O–H groups in total. The molecule has 1 aromatic heterocycles. The first-order chi connectivity index (χ1) is 12.5. The van der Waals surface area contributed by atoms with Gasteiger partial charge in [-0.3, -0.25) is 4.79 Å². The number of benzene rings is 1. The van der Waals surface area contributed by atoms with E-state index in [1.165, 1.54) is 31.3 Å². The standard InChI is InChI=1S/C19H25N3O3S/c1-15-4-6-18(7-5-15)26(24,25)22-12-9-17(14-22)19(23)21-11-8-16-3-2-10-20-13-16/h4-7,9,12,14,16,20H,2-3,8,10-11,13H2,1H3,(H,21,23). The van der Waals surface area contributed by atoms with Crippen LogP contribution in [0.15, 0.2) is 47.6 Å². The summed E-state index contributed by atoms with van der Waals surface area (Å²) in [6, 6.07) is 8.18. The van der Waals surface area contributed by atoms with E-state index in [1.54, 1.807) is 24.3 Å². The van der Waals surface area contributed by atoms with E-state index in [4.69, 9.17) is 0 Å². The van der Waals surface area contributed by atoms with Crippen LogP contribution < -0.4 is 10.6 Å². The second kappa shape index (κ2) is 8.05. The number of piperidine rings is 1. The highest BCUT2D eigenvalue weighted by molar-refractivity contribution is 7.90. The Kier molecular flexibility index (Phi) is 5.78.